The predicted molar refractivity (Wildman–Crippen MR) is 72.1 cm³/mol. The molecule has 5 heteroatoms. The van der Waals surface area contributed by atoms with Gasteiger partial charge in [0.05, 0.1) is 12.8 Å². The summed E-state index contributed by atoms with van der Waals surface area (Å²) in [6.45, 7) is 3.91. The summed E-state index contributed by atoms with van der Waals surface area (Å²) in [5, 5.41) is 14.4. The average Bonchev–Trinajstić information content (AvgIpc) is 2.80. The summed E-state index contributed by atoms with van der Waals surface area (Å²) in [5.41, 5.74) is 3.46. The lowest BCUT2D eigenvalue weighted by Gasteiger charge is -2.14. The summed E-state index contributed by atoms with van der Waals surface area (Å²) < 4.78 is 7.04. The normalized spacial score (nSPS) is 12.5. The molecule has 2 rings (SSSR count). The van der Waals surface area contributed by atoms with Crippen LogP contribution in [0.2, 0.25) is 0 Å². The highest BCUT2D eigenvalue weighted by molar-refractivity contribution is 5.41. The highest BCUT2D eigenvalue weighted by atomic mass is 16.5. The number of aromatic nitrogens is 3. The van der Waals surface area contributed by atoms with E-state index in [-0.39, 0.29) is 0 Å². The number of pyridine rings is 1. The van der Waals surface area contributed by atoms with Gasteiger partial charge in [-0.2, -0.15) is 5.10 Å². The molecule has 102 valence electrons. The Bertz CT molecular complexity index is 578. The maximum Gasteiger partial charge on any atom is 0.128 e. The van der Waals surface area contributed by atoms with Crippen LogP contribution in [0.3, 0.4) is 0 Å². The monoisotopic (exact) mass is 261 g/mol. The van der Waals surface area contributed by atoms with Gasteiger partial charge in [0.25, 0.3) is 0 Å². The number of aryl methyl sites for hydroxylation is 2. The molecule has 0 aliphatic heterocycles. The van der Waals surface area contributed by atoms with Crippen LogP contribution in [0.1, 0.15) is 28.6 Å². The first kappa shape index (κ1) is 13.5. The van der Waals surface area contributed by atoms with Crippen LogP contribution in [-0.2, 0) is 13.5 Å². The Hall–Kier alpha value is -1.88. The van der Waals surface area contributed by atoms with Crippen molar-refractivity contribution in [3.63, 3.8) is 0 Å². The van der Waals surface area contributed by atoms with Crippen molar-refractivity contribution in [1.29, 1.82) is 0 Å². The molecule has 1 N–H and O–H groups in total. The Morgan fingerprint density at radius 3 is 2.74 bits per heavy atom. The fourth-order valence-corrected chi connectivity index (χ4v) is 2.18. The third-order valence-electron chi connectivity index (χ3n) is 3.21. The number of rotatable bonds is 4. The van der Waals surface area contributed by atoms with Crippen LogP contribution in [0, 0.1) is 13.8 Å². The number of nitrogens with zero attached hydrogens (tertiary/aromatic N) is 3. The smallest absolute Gasteiger partial charge is 0.128 e. The van der Waals surface area contributed by atoms with Gasteiger partial charge in [0.1, 0.15) is 11.9 Å². The van der Waals surface area contributed by atoms with Crippen molar-refractivity contribution in [2.75, 3.05) is 7.11 Å². The largest absolute Gasteiger partial charge is 0.496 e. The molecule has 0 saturated carbocycles. The second-order valence-corrected chi connectivity index (χ2v) is 4.68. The van der Waals surface area contributed by atoms with Crippen molar-refractivity contribution in [2.45, 2.75) is 26.4 Å². The van der Waals surface area contributed by atoms with Crippen LogP contribution in [0.4, 0.5) is 0 Å². The van der Waals surface area contributed by atoms with Gasteiger partial charge < -0.3 is 9.84 Å². The van der Waals surface area contributed by atoms with E-state index in [0.29, 0.717) is 12.1 Å². The van der Waals surface area contributed by atoms with Crippen LogP contribution in [0.25, 0.3) is 0 Å². The molecule has 0 aliphatic rings. The molecule has 0 radical (unpaired) electrons. The Morgan fingerprint density at radius 2 is 2.16 bits per heavy atom. The van der Waals surface area contributed by atoms with Gasteiger partial charge in [-0.25, -0.2) is 0 Å². The maximum atomic E-state index is 10.2. The van der Waals surface area contributed by atoms with E-state index >= 15 is 0 Å². The first-order valence-electron chi connectivity index (χ1n) is 6.19. The molecule has 0 saturated heterocycles. The van der Waals surface area contributed by atoms with Gasteiger partial charge in [-0.15, -0.1) is 0 Å². The third kappa shape index (κ3) is 2.76. The number of aliphatic hydroxyl groups excluding tert-OH is 1. The van der Waals surface area contributed by atoms with Crippen LogP contribution in [0.5, 0.6) is 5.75 Å². The molecule has 1 atom stereocenters. The lowest BCUT2D eigenvalue weighted by atomic mass is 10.0. The van der Waals surface area contributed by atoms with Crippen molar-refractivity contribution in [3.8, 4) is 5.75 Å². The van der Waals surface area contributed by atoms with Crippen LogP contribution >= 0.6 is 0 Å². The molecule has 0 aromatic carbocycles. The molecule has 2 aromatic rings. The van der Waals surface area contributed by atoms with Gasteiger partial charge in [-0.1, -0.05) is 0 Å². The maximum absolute atomic E-state index is 10.2. The van der Waals surface area contributed by atoms with Crippen molar-refractivity contribution in [1.82, 2.24) is 14.8 Å². The van der Waals surface area contributed by atoms with Gasteiger partial charge in [0, 0.05) is 42.7 Å². The summed E-state index contributed by atoms with van der Waals surface area (Å²) in [5.74, 6) is 0.832. The average molecular weight is 261 g/mol. The van der Waals surface area contributed by atoms with E-state index in [2.05, 4.69) is 10.1 Å². The molecule has 0 amide bonds. The van der Waals surface area contributed by atoms with Crippen molar-refractivity contribution < 1.29 is 9.84 Å². The molecule has 2 aromatic heterocycles. The minimum atomic E-state index is -0.653. The number of hydrogen-bond acceptors (Lipinski definition) is 4. The van der Waals surface area contributed by atoms with E-state index < -0.39 is 6.10 Å². The van der Waals surface area contributed by atoms with E-state index in [1.807, 2.05) is 33.2 Å². The van der Waals surface area contributed by atoms with Crippen LogP contribution < -0.4 is 4.74 Å². The van der Waals surface area contributed by atoms with E-state index in [1.54, 1.807) is 18.0 Å². The zero-order valence-electron chi connectivity index (χ0n) is 11.7. The van der Waals surface area contributed by atoms with Crippen LogP contribution in [0.15, 0.2) is 18.5 Å². The van der Waals surface area contributed by atoms with Gasteiger partial charge in [-0.3, -0.25) is 9.67 Å². The summed E-state index contributed by atoms with van der Waals surface area (Å²) in [6, 6.07) is 1.81. The third-order valence-corrected chi connectivity index (χ3v) is 3.21. The number of methoxy groups -OCH3 is 1. The standard InChI is InChI=1S/C14H19N3O2/c1-9-8-15-12(10(2)14(9)19-4)7-13(18)11-5-6-17(3)16-11/h5-6,8,13,18H,7H2,1-4H3. The fraction of sp³-hybridized carbons (Fsp3) is 0.429. The van der Waals surface area contributed by atoms with Crippen molar-refractivity contribution >= 4 is 0 Å². The van der Waals surface area contributed by atoms with E-state index in [4.69, 9.17) is 4.74 Å². The Labute approximate surface area is 112 Å². The topological polar surface area (TPSA) is 60.2 Å². The summed E-state index contributed by atoms with van der Waals surface area (Å²) in [4.78, 5) is 4.38. The lowest BCUT2D eigenvalue weighted by Crippen LogP contribution is -2.08. The minimum Gasteiger partial charge on any atom is -0.496 e. The predicted octanol–water partition coefficient (Wildman–Crippen LogP) is 1.72. The van der Waals surface area contributed by atoms with Gasteiger partial charge in [0.15, 0.2) is 0 Å². The molecular formula is C14H19N3O2. The molecular weight excluding hydrogens is 242 g/mol. The molecule has 0 spiro atoms. The zero-order chi connectivity index (χ0) is 14.0. The number of aliphatic hydroxyl groups is 1. The van der Waals surface area contributed by atoms with Gasteiger partial charge in [0.2, 0.25) is 0 Å². The molecule has 1 unspecified atom stereocenters. The Balaban J connectivity index is 2.24. The zero-order valence-corrected chi connectivity index (χ0v) is 11.7. The van der Waals surface area contributed by atoms with Crippen molar-refractivity contribution in [2.24, 2.45) is 7.05 Å². The Morgan fingerprint density at radius 1 is 1.42 bits per heavy atom. The van der Waals surface area contributed by atoms with E-state index in [1.165, 1.54) is 0 Å². The minimum absolute atomic E-state index is 0.430. The number of ether oxygens (including phenoxy) is 1. The molecule has 0 bridgehead atoms. The molecule has 5 nitrogen and oxygen atoms in total. The SMILES string of the molecule is COc1c(C)cnc(CC(O)c2ccn(C)n2)c1C. The van der Waals surface area contributed by atoms with Gasteiger partial charge in [-0.05, 0) is 19.9 Å². The van der Waals surface area contributed by atoms with Gasteiger partial charge >= 0.3 is 0 Å². The second kappa shape index (κ2) is 5.40. The van der Waals surface area contributed by atoms with Crippen molar-refractivity contribution in [3.05, 3.63) is 41.0 Å². The highest BCUT2D eigenvalue weighted by Crippen LogP contribution is 2.26. The molecule has 0 aliphatic carbocycles. The number of hydrogen-bond donors (Lipinski definition) is 1. The quantitative estimate of drug-likeness (QED) is 0.910. The molecule has 0 fully saturated rings. The highest BCUT2D eigenvalue weighted by Gasteiger charge is 2.16. The van der Waals surface area contributed by atoms with E-state index in [9.17, 15) is 5.11 Å². The molecule has 2 heterocycles. The van der Waals surface area contributed by atoms with Crippen LogP contribution in [-0.4, -0.2) is 27.0 Å². The summed E-state index contributed by atoms with van der Waals surface area (Å²) in [7, 11) is 3.48. The second-order valence-electron chi connectivity index (χ2n) is 4.68. The first-order chi connectivity index (χ1) is 9.02. The van der Waals surface area contributed by atoms with E-state index in [0.717, 1.165) is 22.6 Å². The Kier molecular flexibility index (Phi) is 3.85. The fourth-order valence-electron chi connectivity index (χ4n) is 2.18. The summed E-state index contributed by atoms with van der Waals surface area (Å²) >= 11 is 0. The first-order valence-corrected chi connectivity index (χ1v) is 6.19. The summed E-state index contributed by atoms with van der Waals surface area (Å²) in [6.07, 6.45) is 3.36. The lowest BCUT2D eigenvalue weighted by molar-refractivity contribution is 0.171. The molecule has 19 heavy (non-hydrogen) atoms.